The molecule has 0 fully saturated rings. The Labute approximate surface area is 228 Å². The van der Waals surface area contributed by atoms with E-state index in [1.807, 2.05) is 6.92 Å². The third-order valence-corrected chi connectivity index (χ3v) is 5.85. The minimum absolute atomic E-state index is 0.0378. The highest BCUT2D eigenvalue weighted by Crippen LogP contribution is 2.12. The van der Waals surface area contributed by atoms with E-state index in [1.54, 1.807) is 0 Å². The van der Waals surface area contributed by atoms with Crippen molar-refractivity contribution in [3.05, 3.63) is 0 Å². The topological polar surface area (TPSA) is 84.8 Å². The van der Waals surface area contributed by atoms with E-state index >= 15 is 0 Å². The van der Waals surface area contributed by atoms with Gasteiger partial charge < -0.3 is 38.3 Å². The molecule has 1 N–H and O–H groups in total. The summed E-state index contributed by atoms with van der Waals surface area (Å²) in [6, 6.07) is 0. The zero-order valence-corrected chi connectivity index (χ0v) is 24.3. The fourth-order valence-electron chi connectivity index (χ4n) is 3.70. The predicted molar refractivity (Wildman–Crippen MR) is 148 cm³/mol. The SMILES string of the molecule is CCCCCCCCCCCCCCOCC(C)OCCOCCOCCOCCOCCOCCO. The maximum atomic E-state index is 8.57. The van der Waals surface area contributed by atoms with Crippen LogP contribution in [0, 0.1) is 0 Å². The Balaban J connectivity index is 3.13. The number of unbranched alkanes of at least 4 members (excludes halogenated alkanes) is 11. The number of hydrogen-bond donors (Lipinski definition) is 1. The lowest BCUT2D eigenvalue weighted by atomic mass is 10.1. The lowest BCUT2D eigenvalue weighted by Crippen LogP contribution is -2.19. The van der Waals surface area contributed by atoms with Gasteiger partial charge in [-0.25, -0.2) is 0 Å². The molecule has 0 aromatic heterocycles. The van der Waals surface area contributed by atoms with Crippen molar-refractivity contribution in [3.63, 3.8) is 0 Å². The van der Waals surface area contributed by atoms with Gasteiger partial charge in [0.15, 0.2) is 0 Å². The van der Waals surface area contributed by atoms with Gasteiger partial charge in [-0.3, -0.25) is 0 Å². The molecule has 0 saturated carbocycles. The summed E-state index contributed by atoms with van der Waals surface area (Å²) in [4.78, 5) is 0. The Hall–Kier alpha value is -0.320. The van der Waals surface area contributed by atoms with Crippen molar-refractivity contribution in [1.29, 1.82) is 0 Å². The van der Waals surface area contributed by atoms with Crippen molar-refractivity contribution in [2.24, 2.45) is 0 Å². The zero-order chi connectivity index (χ0) is 26.9. The van der Waals surface area contributed by atoms with Gasteiger partial charge in [-0.05, 0) is 13.3 Å². The van der Waals surface area contributed by atoms with Crippen molar-refractivity contribution in [1.82, 2.24) is 0 Å². The minimum Gasteiger partial charge on any atom is -0.394 e. The molecule has 0 amide bonds. The molecule has 0 heterocycles. The Morgan fingerprint density at radius 2 is 0.811 bits per heavy atom. The van der Waals surface area contributed by atoms with Crippen molar-refractivity contribution in [3.8, 4) is 0 Å². The first-order valence-electron chi connectivity index (χ1n) is 15.0. The minimum atomic E-state index is 0.0378. The highest BCUT2D eigenvalue weighted by molar-refractivity contribution is 4.50. The maximum absolute atomic E-state index is 8.57. The number of aliphatic hydroxyl groups excluding tert-OH is 1. The molecule has 37 heavy (non-hydrogen) atoms. The first kappa shape index (κ1) is 36.7. The van der Waals surface area contributed by atoms with Crippen LogP contribution >= 0.6 is 0 Å². The van der Waals surface area contributed by atoms with Gasteiger partial charge in [0.05, 0.1) is 92.0 Å². The standard InChI is InChI=1S/C29H60O8/c1-3-4-5-6-7-8-9-10-11-12-13-14-16-36-28-29(2)37-27-26-35-25-24-34-23-22-33-21-20-32-19-18-31-17-15-30/h29-30H,3-28H2,1-2H3. The maximum Gasteiger partial charge on any atom is 0.0781 e. The molecule has 1 unspecified atom stereocenters. The van der Waals surface area contributed by atoms with Gasteiger partial charge in [0.1, 0.15) is 0 Å². The van der Waals surface area contributed by atoms with Gasteiger partial charge in [-0.1, -0.05) is 77.6 Å². The molecule has 8 nitrogen and oxygen atoms in total. The largest absolute Gasteiger partial charge is 0.394 e. The third-order valence-electron chi connectivity index (χ3n) is 5.85. The van der Waals surface area contributed by atoms with Crippen molar-refractivity contribution >= 4 is 0 Å². The fraction of sp³-hybridized carbons (Fsp3) is 1.00. The Morgan fingerprint density at radius 3 is 1.24 bits per heavy atom. The number of hydrogen-bond acceptors (Lipinski definition) is 8. The van der Waals surface area contributed by atoms with Crippen LogP contribution in [0.25, 0.3) is 0 Å². The first-order chi connectivity index (χ1) is 18.3. The highest BCUT2D eigenvalue weighted by Gasteiger charge is 2.02. The van der Waals surface area contributed by atoms with Crippen LogP contribution in [-0.2, 0) is 33.2 Å². The van der Waals surface area contributed by atoms with E-state index in [2.05, 4.69) is 6.92 Å². The molecule has 0 bridgehead atoms. The molecule has 8 heteroatoms. The summed E-state index contributed by atoms with van der Waals surface area (Å²) in [7, 11) is 0. The van der Waals surface area contributed by atoms with E-state index in [-0.39, 0.29) is 12.7 Å². The van der Waals surface area contributed by atoms with Crippen LogP contribution in [0.2, 0.25) is 0 Å². The van der Waals surface area contributed by atoms with Crippen molar-refractivity contribution in [2.75, 3.05) is 92.5 Å². The smallest absolute Gasteiger partial charge is 0.0781 e. The summed E-state index contributed by atoms with van der Waals surface area (Å²) < 4.78 is 38.3. The first-order valence-corrected chi connectivity index (χ1v) is 15.0. The summed E-state index contributed by atoms with van der Waals surface area (Å²) >= 11 is 0. The molecule has 224 valence electrons. The van der Waals surface area contributed by atoms with E-state index in [0.29, 0.717) is 79.3 Å². The van der Waals surface area contributed by atoms with Crippen LogP contribution < -0.4 is 0 Å². The number of rotatable bonds is 33. The van der Waals surface area contributed by atoms with Crippen LogP contribution in [0.15, 0.2) is 0 Å². The average Bonchev–Trinajstić information content (AvgIpc) is 2.90. The third kappa shape index (κ3) is 33.7. The zero-order valence-electron chi connectivity index (χ0n) is 24.3. The molecule has 0 rings (SSSR count). The van der Waals surface area contributed by atoms with E-state index in [1.165, 1.54) is 70.6 Å². The van der Waals surface area contributed by atoms with Crippen LogP contribution in [-0.4, -0.2) is 104 Å². The summed E-state index contributed by atoms with van der Waals surface area (Å²) in [6.45, 7) is 11.5. The molecule has 0 aliphatic rings. The predicted octanol–water partition coefficient (Wildman–Crippen LogP) is 5.18. The molecular weight excluding hydrogens is 476 g/mol. The molecule has 0 radical (unpaired) electrons. The molecule has 0 aliphatic heterocycles. The monoisotopic (exact) mass is 536 g/mol. The Morgan fingerprint density at radius 1 is 0.432 bits per heavy atom. The molecule has 0 aromatic carbocycles. The van der Waals surface area contributed by atoms with Crippen LogP contribution in [0.3, 0.4) is 0 Å². The molecule has 0 spiro atoms. The van der Waals surface area contributed by atoms with Gasteiger partial charge in [0, 0.05) is 6.61 Å². The Kier molecular flexibility index (Phi) is 33.4. The quantitative estimate of drug-likeness (QED) is 0.115. The van der Waals surface area contributed by atoms with Crippen LogP contribution in [0.4, 0.5) is 0 Å². The van der Waals surface area contributed by atoms with E-state index in [9.17, 15) is 0 Å². The summed E-state index contributed by atoms with van der Waals surface area (Å²) in [5.74, 6) is 0. The van der Waals surface area contributed by atoms with E-state index in [4.69, 9.17) is 38.3 Å². The summed E-state index contributed by atoms with van der Waals surface area (Å²) in [5, 5.41) is 8.57. The number of ether oxygens (including phenoxy) is 7. The van der Waals surface area contributed by atoms with E-state index in [0.717, 1.165) is 13.0 Å². The lowest BCUT2D eigenvalue weighted by molar-refractivity contribution is -0.0412. The second kappa shape index (κ2) is 33.7. The van der Waals surface area contributed by atoms with E-state index < -0.39 is 0 Å². The molecule has 0 aliphatic carbocycles. The van der Waals surface area contributed by atoms with Crippen LogP contribution in [0.1, 0.15) is 90.9 Å². The van der Waals surface area contributed by atoms with Crippen molar-refractivity contribution < 1.29 is 38.3 Å². The Bertz CT molecular complexity index is 400. The summed E-state index contributed by atoms with van der Waals surface area (Å²) in [5.41, 5.74) is 0. The molecule has 1 atom stereocenters. The van der Waals surface area contributed by atoms with Gasteiger partial charge in [0.2, 0.25) is 0 Å². The summed E-state index contributed by atoms with van der Waals surface area (Å²) in [6.07, 6.45) is 16.4. The van der Waals surface area contributed by atoms with Gasteiger partial charge in [0.25, 0.3) is 0 Å². The molecule has 0 aromatic rings. The normalized spacial score (nSPS) is 12.4. The number of aliphatic hydroxyl groups is 1. The van der Waals surface area contributed by atoms with Gasteiger partial charge >= 0.3 is 0 Å². The van der Waals surface area contributed by atoms with Crippen molar-refractivity contribution in [2.45, 2.75) is 97.0 Å². The second-order valence-corrected chi connectivity index (χ2v) is 9.43. The second-order valence-electron chi connectivity index (χ2n) is 9.43. The van der Waals surface area contributed by atoms with Crippen LogP contribution in [0.5, 0.6) is 0 Å². The lowest BCUT2D eigenvalue weighted by Gasteiger charge is -2.13. The molecule has 0 saturated heterocycles. The molecular formula is C29H60O8. The fourth-order valence-corrected chi connectivity index (χ4v) is 3.70. The van der Waals surface area contributed by atoms with Gasteiger partial charge in [-0.2, -0.15) is 0 Å². The average molecular weight is 537 g/mol. The highest BCUT2D eigenvalue weighted by atomic mass is 16.6. The van der Waals surface area contributed by atoms with Gasteiger partial charge in [-0.15, -0.1) is 0 Å².